The number of rotatable bonds is 6. The van der Waals surface area contributed by atoms with E-state index in [1.54, 1.807) is 14.2 Å². The first-order chi connectivity index (χ1) is 16.6. The Bertz CT molecular complexity index is 1110. The largest absolute Gasteiger partial charge is 0.493 e. The van der Waals surface area contributed by atoms with Gasteiger partial charge in [-0.2, -0.15) is 0 Å². The van der Waals surface area contributed by atoms with Crippen molar-refractivity contribution in [2.24, 2.45) is 4.99 Å². The van der Waals surface area contributed by atoms with Gasteiger partial charge in [-0.25, -0.2) is 9.79 Å². The number of hydrogen-bond donors (Lipinski definition) is 0. The Morgan fingerprint density at radius 1 is 1.14 bits per heavy atom. The molecule has 1 amide bonds. The quantitative estimate of drug-likeness (QED) is 0.528. The highest BCUT2D eigenvalue weighted by Crippen LogP contribution is 2.49. The number of methoxy groups -OCH3 is 2. The van der Waals surface area contributed by atoms with Crippen molar-refractivity contribution in [3.05, 3.63) is 46.1 Å². The maximum Gasteiger partial charge on any atom is 0.338 e. The van der Waals surface area contributed by atoms with Gasteiger partial charge >= 0.3 is 5.97 Å². The molecule has 3 heterocycles. The summed E-state index contributed by atoms with van der Waals surface area (Å²) in [5, 5.41) is 2.67. The Labute approximate surface area is 211 Å². The average molecular weight is 500 g/mol. The molecule has 35 heavy (non-hydrogen) atoms. The summed E-state index contributed by atoms with van der Waals surface area (Å²) in [7, 11) is 3.16. The van der Waals surface area contributed by atoms with E-state index in [2.05, 4.69) is 0 Å². The predicted octanol–water partition coefficient (Wildman–Crippen LogP) is 4.63. The van der Waals surface area contributed by atoms with Crippen molar-refractivity contribution in [1.29, 1.82) is 0 Å². The Kier molecular flexibility index (Phi) is 7.17. The van der Waals surface area contributed by atoms with Gasteiger partial charge in [0.25, 0.3) is 0 Å². The van der Waals surface area contributed by atoms with E-state index in [4.69, 9.17) is 19.2 Å². The first-order valence-electron chi connectivity index (χ1n) is 11.8. The molecular formula is C26H33N3O5S. The minimum absolute atomic E-state index is 0.0806. The number of allylic oxidation sites excluding steroid dienone is 1. The van der Waals surface area contributed by atoms with Gasteiger partial charge in [0.05, 0.1) is 38.0 Å². The van der Waals surface area contributed by atoms with Crippen LogP contribution >= 0.6 is 11.8 Å². The molecule has 1 fully saturated rings. The van der Waals surface area contributed by atoms with Crippen molar-refractivity contribution in [2.45, 2.75) is 58.6 Å². The van der Waals surface area contributed by atoms with Crippen LogP contribution in [0.3, 0.4) is 0 Å². The number of likely N-dealkylation sites (tertiary alicyclic amines) is 1. The molecule has 0 N–H and O–H groups in total. The summed E-state index contributed by atoms with van der Waals surface area (Å²) in [6.45, 7) is 8.91. The Morgan fingerprint density at radius 2 is 1.86 bits per heavy atom. The average Bonchev–Trinajstić information content (AvgIpc) is 3.47. The molecule has 0 spiro atoms. The number of benzene rings is 1. The molecule has 4 rings (SSSR count). The second-order valence-electron chi connectivity index (χ2n) is 9.74. The van der Waals surface area contributed by atoms with Gasteiger partial charge in [0, 0.05) is 24.4 Å². The number of hydrogen-bond acceptors (Lipinski definition) is 8. The number of nitrogens with zero attached hydrogens (tertiary/aromatic N) is 3. The zero-order valence-electron chi connectivity index (χ0n) is 21.2. The SMILES string of the molecule is COc1cccc([C@@H]2C(C(=O)OC(C)(C)C)=C(C)N=C3SC=C(CC(=O)N4CCCC4)N32)c1OC. The van der Waals surface area contributed by atoms with Crippen LogP contribution in [0, 0.1) is 0 Å². The normalized spacial score (nSPS) is 19.9. The Balaban J connectivity index is 1.81. The summed E-state index contributed by atoms with van der Waals surface area (Å²) >= 11 is 1.46. The smallest absolute Gasteiger partial charge is 0.338 e. The third kappa shape index (κ3) is 5.05. The Hall–Kier alpha value is -2.94. The monoisotopic (exact) mass is 499 g/mol. The fourth-order valence-corrected chi connectivity index (χ4v) is 5.58. The van der Waals surface area contributed by atoms with Crippen LogP contribution in [0.4, 0.5) is 0 Å². The topological polar surface area (TPSA) is 80.7 Å². The number of amidine groups is 1. The Morgan fingerprint density at radius 3 is 2.49 bits per heavy atom. The van der Waals surface area contributed by atoms with Crippen molar-refractivity contribution in [3.8, 4) is 11.5 Å². The van der Waals surface area contributed by atoms with Gasteiger partial charge in [-0.05, 0) is 52.0 Å². The lowest BCUT2D eigenvalue weighted by atomic mass is 9.92. The molecule has 0 unspecified atom stereocenters. The van der Waals surface area contributed by atoms with E-state index in [-0.39, 0.29) is 12.3 Å². The van der Waals surface area contributed by atoms with Crippen LogP contribution in [0.5, 0.6) is 11.5 Å². The van der Waals surface area contributed by atoms with E-state index in [1.165, 1.54) is 11.8 Å². The van der Waals surface area contributed by atoms with E-state index < -0.39 is 17.6 Å². The maximum atomic E-state index is 13.5. The van der Waals surface area contributed by atoms with Crippen molar-refractivity contribution >= 4 is 28.8 Å². The number of carbonyl (C=O) groups excluding carboxylic acids is 2. The first-order valence-corrected chi connectivity index (χ1v) is 12.7. The summed E-state index contributed by atoms with van der Waals surface area (Å²) in [5.41, 5.74) is 1.85. The van der Waals surface area contributed by atoms with Gasteiger partial charge in [-0.15, -0.1) is 0 Å². The van der Waals surface area contributed by atoms with E-state index in [1.807, 2.05) is 61.1 Å². The van der Waals surface area contributed by atoms with E-state index in [0.717, 1.165) is 37.2 Å². The van der Waals surface area contributed by atoms with Crippen molar-refractivity contribution in [3.63, 3.8) is 0 Å². The van der Waals surface area contributed by atoms with Gasteiger partial charge < -0.3 is 24.0 Å². The predicted molar refractivity (Wildman–Crippen MR) is 136 cm³/mol. The third-order valence-electron chi connectivity index (χ3n) is 6.14. The molecule has 1 aromatic rings. The molecule has 0 aliphatic carbocycles. The van der Waals surface area contributed by atoms with Crippen LogP contribution in [0.1, 0.15) is 58.6 Å². The lowest BCUT2D eigenvalue weighted by molar-refractivity contribution is -0.150. The molecule has 188 valence electrons. The fourth-order valence-electron chi connectivity index (χ4n) is 4.62. The van der Waals surface area contributed by atoms with Gasteiger partial charge in [-0.3, -0.25) is 4.79 Å². The summed E-state index contributed by atoms with van der Waals surface area (Å²) < 4.78 is 17.1. The molecule has 9 heteroatoms. The van der Waals surface area contributed by atoms with Crippen LogP contribution in [0.2, 0.25) is 0 Å². The number of para-hydroxylation sites is 1. The number of ether oxygens (including phenoxy) is 3. The van der Waals surface area contributed by atoms with E-state index in [0.29, 0.717) is 27.9 Å². The van der Waals surface area contributed by atoms with E-state index >= 15 is 0 Å². The number of carbonyl (C=O) groups is 2. The summed E-state index contributed by atoms with van der Waals surface area (Å²) in [6, 6.07) is 5.01. The number of amides is 1. The molecular weight excluding hydrogens is 466 g/mol. The van der Waals surface area contributed by atoms with Gasteiger partial charge in [-0.1, -0.05) is 23.9 Å². The zero-order valence-corrected chi connectivity index (χ0v) is 22.0. The zero-order chi connectivity index (χ0) is 25.3. The number of esters is 1. The van der Waals surface area contributed by atoms with Gasteiger partial charge in [0.15, 0.2) is 16.7 Å². The molecule has 0 aromatic heterocycles. The molecule has 1 saturated heterocycles. The van der Waals surface area contributed by atoms with Crippen LogP contribution in [0.15, 0.2) is 45.6 Å². The van der Waals surface area contributed by atoms with Crippen LogP contribution < -0.4 is 9.47 Å². The van der Waals surface area contributed by atoms with Crippen molar-refractivity contribution in [2.75, 3.05) is 27.3 Å². The summed E-state index contributed by atoms with van der Waals surface area (Å²) in [4.78, 5) is 35.2. The molecule has 0 radical (unpaired) electrons. The number of aliphatic imine (C=N–C) groups is 1. The lowest BCUT2D eigenvalue weighted by Crippen LogP contribution is -2.39. The highest BCUT2D eigenvalue weighted by molar-refractivity contribution is 8.16. The second-order valence-corrected chi connectivity index (χ2v) is 10.6. The highest BCUT2D eigenvalue weighted by Gasteiger charge is 2.43. The minimum atomic E-state index is -0.679. The van der Waals surface area contributed by atoms with Crippen molar-refractivity contribution < 1.29 is 23.8 Å². The van der Waals surface area contributed by atoms with Crippen molar-refractivity contribution in [1.82, 2.24) is 9.80 Å². The molecule has 3 aliphatic heterocycles. The molecule has 1 aromatic carbocycles. The van der Waals surface area contributed by atoms with Crippen LogP contribution in [0.25, 0.3) is 0 Å². The van der Waals surface area contributed by atoms with Gasteiger partial charge in [0.2, 0.25) is 5.91 Å². The summed E-state index contributed by atoms with van der Waals surface area (Å²) in [6.07, 6.45) is 2.30. The second kappa shape index (κ2) is 9.97. The molecule has 0 bridgehead atoms. The minimum Gasteiger partial charge on any atom is -0.493 e. The summed E-state index contributed by atoms with van der Waals surface area (Å²) in [5.74, 6) is 0.713. The molecule has 1 atom stereocenters. The van der Waals surface area contributed by atoms with Crippen LogP contribution in [-0.2, 0) is 14.3 Å². The highest BCUT2D eigenvalue weighted by atomic mass is 32.2. The standard InChI is InChI=1S/C26H33N3O5S/c1-16-21(24(31)34-26(2,3)4)22(18-10-9-11-19(32-5)23(18)33-6)29-17(15-35-25(29)27-16)14-20(30)28-12-7-8-13-28/h9-11,15,22H,7-8,12-14H2,1-6H3/t22-/m1/s1. The fraction of sp³-hybridized carbons (Fsp3) is 0.500. The third-order valence-corrected chi connectivity index (χ3v) is 7.03. The van der Waals surface area contributed by atoms with E-state index in [9.17, 15) is 9.59 Å². The maximum absolute atomic E-state index is 13.5. The number of fused-ring (bicyclic) bond motifs is 1. The molecule has 3 aliphatic rings. The lowest BCUT2D eigenvalue weighted by Gasteiger charge is -2.37. The first kappa shape index (κ1) is 25.2. The van der Waals surface area contributed by atoms with Crippen LogP contribution in [-0.4, -0.2) is 59.8 Å². The number of thioether (sulfide) groups is 1. The molecule has 8 nitrogen and oxygen atoms in total. The van der Waals surface area contributed by atoms with Gasteiger partial charge in [0.1, 0.15) is 5.60 Å². The molecule has 0 saturated carbocycles.